The number of nitrogens with one attached hydrogen (secondary N) is 1. The van der Waals surface area contributed by atoms with Gasteiger partial charge < -0.3 is 10.2 Å². The van der Waals surface area contributed by atoms with E-state index in [0.29, 0.717) is 6.04 Å². The summed E-state index contributed by atoms with van der Waals surface area (Å²) in [6.07, 6.45) is 2.08. The number of carbonyl (C=O) groups excluding carboxylic acids is 1. The van der Waals surface area contributed by atoms with Crippen molar-refractivity contribution in [2.75, 3.05) is 18.0 Å². The molecule has 1 aliphatic rings. The minimum absolute atomic E-state index is 0.126. The third-order valence-electron chi connectivity index (χ3n) is 3.66. The molecule has 1 saturated heterocycles. The highest BCUT2D eigenvalue weighted by molar-refractivity contribution is 5.95. The van der Waals surface area contributed by atoms with Crippen molar-refractivity contribution in [2.45, 2.75) is 32.7 Å². The van der Waals surface area contributed by atoms with Crippen LogP contribution in [-0.2, 0) is 4.79 Å². The van der Waals surface area contributed by atoms with Crippen molar-refractivity contribution in [3.63, 3.8) is 0 Å². The highest BCUT2D eigenvalue weighted by Gasteiger charge is 2.27. The van der Waals surface area contributed by atoms with Gasteiger partial charge in [-0.05, 0) is 38.8 Å². The van der Waals surface area contributed by atoms with Crippen LogP contribution in [0.1, 0.15) is 26.7 Å². The molecule has 18 heavy (non-hydrogen) atoms. The lowest BCUT2D eigenvalue weighted by molar-refractivity contribution is -0.123. The highest BCUT2D eigenvalue weighted by atomic mass is 16.2. The van der Waals surface area contributed by atoms with Gasteiger partial charge in [0.1, 0.15) is 0 Å². The maximum absolute atomic E-state index is 12.5. The maximum atomic E-state index is 12.5. The van der Waals surface area contributed by atoms with Crippen LogP contribution in [0.15, 0.2) is 30.3 Å². The van der Waals surface area contributed by atoms with Crippen LogP contribution >= 0.6 is 0 Å². The molecule has 3 heteroatoms. The van der Waals surface area contributed by atoms with E-state index < -0.39 is 0 Å². The first-order valence-corrected chi connectivity index (χ1v) is 6.82. The molecule has 1 N–H and O–H groups in total. The summed E-state index contributed by atoms with van der Waals surface area (Å²) in [7, 11) is 0. The Kier molecular flexibility index (Phi) is 4.37. The molecule has 1 aliphatic heterocycles. The summed E-state index contributed by atoms with van der Waals surface area (Å²) in [5.74, 6) is 0.379. The average molecular weight is 246 g/mol. The van der Waals surface area contributed by atoms with Crippen LogP contribution in [0, 0.1) is 5.92 Å². The molecular weight excluding hydrogens is 224 g/mol. The van der Waals surface area contributed by atoms with Crippen molar-refractivity contribution in [1.82, 2.24) is 5.32 Å². The number of hydrogen-bond donors (Lipinski definition) is 1. The first-order valence-electron chi connectivity index (χ1n) is 6.82. The summed E-state index contributed by atoms with van der Waals surface area (Å²) in [5, 5.41) is 3.40. The Balaban J connectivity index is 2.06. The molecule has 0 aliphatic carbocycles. The Bertz CT molecular complexity index is 383. The minimum atomic E-state index is 0.126. The summed E-state index contributed by atoms with van der Waals surface area (Å²) in [4.78, 5) is 14.4. The fourth-order valence-corrected chi connectivity index (χ4v) is 2.50. The largest absolute Gasteiger partial charge is 0.313 e. The third-order valence-corrected chi connectivity index (χ3v) is 3.66. The number of rotatable bonds is 3. The Hall–Kier alpha value is -1.35. The summed E-state index contributed by atoms with van der Waals surface area (Å²) in [6.45, 7) is 5.75. The van der Waals surface area contributed by atoms with Crippen LogP contribution in [-0.4, -0.2) is 25.0 Å². The van der Waals surface area contributed by atoms with Gasteiger partial charge >= 0.3 is 0 Å². The van der Waals surface area contributed by atoms with Gasteiger partial charge in [-0.25, -0.2) is 0 Å². The molecule has 1 fully saturated rings. The second-order valence-electron chi connectivity index (χ2n) is 5.00. The number of piperidine rings is 1. The van der Waals surface area contributed by atoms with Crippen LogP contribution in [0.25, 0.3) is 0 Å². The van der Waals surface area contributed by atoms with Gasteiger partial charge in [-0.3, -0.25) is 4.79 Å². The minimum Gasteiger partial charge on any atom is -0.313 e. The Morgan fingerprint density at radius 2 is 2.06 bits per heavy atom. The zero-order valence-corrected chi connectivity index (χ0v) is 11.2. The topological polar surface area (TPSA) is 32.3 Å². The van der Waals surface area contributed by atoms with Gasteiger partial charge in [-0.15, -0.1) is 0 Å². The molecule has 0 bridgehead atoms. The monoisotopic (exact) mass is 246 g/mol. The molecular formula is C15H22N2O. The lowest BCUT2D eigenvalue weighted by Gasteiger charge is -2.31. The van der Waals surface area contributed by atoms with E-state index in [1.165, 1.54) is 0 Å². The lowest BCUT2D eigenvalue weighted by atomic mass is 9.94. The van der Waals surface area contributed by atoms with E-state index in [2.05, 4.69) is 12.2 Å². The molecule has 0 radical (unpaired) electrons. The molecule has 0 spiro atoms. The SMILES string of the molecule is CCN(C(=O)C1CCC(C)NC1)c1ccccc1. The van der Waals surface area contributed by atoms with E-state index in [1.54, 1.807) is 0 Å². The average Bonchev–Trinajstić information content (AvgIpc) is 2.41. The first-order chi connectivity index (χ1) is 8.72. The van der Waals surface area contributed by atoms with Gasteiger partial charge in [0.05, 0.1) is 5.92 Å². The van der Waals surface area contributed by atoms with Crippen LogP contribution < -0.4 is 10.2 Å². The molecule has 2 rings (SSSR count). The van der Waals surface area contributed by atoms with Crippen molar-refractivity contribution < 1.29 is 4.79 Å². The van der Waals surface area contributed by atoms with Crippen molar-refractivity contribution in [3.05, 3.63) is 30.3 Å². The normalized spacial score (nSPS) is 23.7. The molecule has 1 heterocycles. The molecule has 98 valence electrons. The third kappa shape index (κ3) is 2.91. The van der Waals surface area contributed by atoms with Crippen LogP contribution in [0.5, 0.6) is 0 Å². The number of para-hydroxylation sites is 1. The molecule has 1 aromatic rings. The smallest absolute Gasteiger partial charge is 0.231 e. The number of hydrogen-bond acceptors (Lipinski definition) is 2. The van der Waals surface area contributed by atoms with E-state index in [-0.39, 0.29) is 11.8 Å². The predicted octanol–water partition coefficient (Wildman–Crippen LogP) is 2.43. The second-order valence-corrected chi connectivity index (χ2v) is 5.00. The van der Waals surface area contributed by atoms with Crippen LogP contribution in [0.2, 0.25) is 0 Å². The van der Waals surface area contributed by atoms with Gasteiger partial charge in [-0.2, -0.15) is 0 Å². The fraction of sp³-hybridized carbons (Fsp3) is 0.533. The van der Waals surface area contributed by atoms with Gasteiger partial charge in [0.15, 0.2) is 0 Å². The summed E-state index contributed by atoms with van der Waals surface area (Å²) >= 11 is 0. The van der Waals surface area contributed by atoms with E-state index in [0.717, 1.165) is 31.6 Å². The van der Waals surface area contributed by atoms with Crippen molar-refractivity contribution >= 4 is 11.6 Å². The summed E-state index contributed by atoms with van der Waals surface area (Å²) in [6, 6.07) is 10.5. The Morgan fingerprint density at radius 3 is 2.61 bits per heavy atom. The van der Waals surface area contributed by atoms with Gasteiger partial charge in [-0.1, -0.05) is 18.2 Å². The van der Waals surface area contributed by atoms with E-state index in [4.69, 9.17) is 0 Å². The van der Waals surface area contributed by atoms with Gasteiger partial charge in [0.25, 0.3) is 0 Å². The highest BCUT2D eigenvalue weighted by Crippen LogP contribution is 2.21. The Labute approximate surface area is 109 Å². The number of carbonyl (C=O) groups is 1. The van der Waals surface area contributed by atoms with Gasteiger partial charge in [0.2, 0.25) is 5.91 Å². The van der Waals surface area contributed by atoms with Crippen molar-refractivity contribution in [2.24, 2.45) is 5.92 Å². The number of amides is 1. The summed E-state index contributed by atoms with van der Waals surface area (Å²) in [5.41, 5.74) is 1.00. The molecule has 2 atom stereocenters. The molecule has 1 amide bonds. The number of anilines is 1. The zero-order valence-electron chi connectivity index (χ0n) is 11.2. The predicted molar refractivity (Wildman–Crippen MR) is 74.7 cm³/mol. The number of benzene rings is 1. The Morgan fingerprint density at radius 1 is 1.33 bits per heavy atom. The fourth-order valence-electron chi connectivity index (χ4n) is 2.50. The van der Waals surface area contributed by atoms with Crippen molar-refractivity contribution in [1.29, 1.82) is 0 Å². The van der Waals surface area contributed by atoms with E-state index in [9.17, 15) is 4.79 Å². The van der Waals surface area contributed by atoms with Crippen LogP contribution in [0.3, 0.4) is 0 Å². The molecule has 0 aromatic heterocycles. The van der Waals surface area contributed by atoms with Crippen molar-refractivity contribution in [3.8, 4) is 0 Å². The maximum Gasteiger partial charge on any atom is 0.231 e. The van der Waals surface area contributed by atoms with Crippen LogP contribution in [0.4, 0.5) is 5.69 Å². The molecule has 3 nitrogen and oxygen atoms in total. The summed E-state index contributed by atoms with van der Waals surface area (Å²) < 4.78 is 0. The van der Waals surface area contributed by atoms with Gasteiger partial charge in [0, 0.05) is 24.8 Å². The number of nitrogens with zero attached hydrogens (tertiary/aromatic N) is 1. The molecule has 0 saturated carbocycles. The quantitative estimate of drug-likeness (QED) is 0.888. The molecule has 1 aromatic carbocycles. The zero-order chi connectivity index (χ0) is 13.0. The molecule has 2 unspecified atom stereocenters. The van der Waals surface area contributed by atoms with E-state index in [1.807, 2.05) is 42.2 Å². The second kappa shape index (κ2) is 6.01. The lowest BCUT2D eigenvalue weighted by Crippen LogP contribution is -2.45. The first kappa shape index (κ1) is 13.1. The van der Waals surface area contributed by atoms with E-state index >= 15 is 0 Å². The standard InChI is InChI=1S/C15H22N2O/c1-3-17(14-7-5-4-6-8-14)15(18)13-10-9-12(2)16-11-13/h4-8,12-13,16H,3,9-11H2,1-2H3.